The van der Waals surface area contributed by atoms with Gasteiger partial charge in [0.05, 0.1) is 7.11 Å². The van der Waals surface area contributed by atoms with Crippen molar-refractivity contribution in [2.45, 2.75) is 13.0 Å². The maximum atomic E-state index is 12.1. The third kappa shape index (κ3) is 6.02. The van der Waals surface area contributed by atoms with Gasteiger partial charge in [0.15, 0.2) is 5.96 Å². The number of rotatable bonds is 7. The zero-order valence-electron chi connectivity index (χ0n) is 16.5. The number of carbonyl (C=O) groups is 1. The van der Waals surface area contributed by atoms with Gasteiger partial charge in [0.2, 0.25) is 0 Å². The lowest BCUT2D eigenvalue weighted by Crippen LogP contribution is -2.37. The number of nitrogens with one attached hydrogen (secondary N) is 2. The summed E-state index contributed by atoms with van der Waals surface area (Å²) < 4.78 is 5.37. The fourth-order valence-electron chi connectivity index (χ4n) is 2.69. The molecule has 2 N–H and O–H groups in total. The van der Waals surface area contributed by atoms with Gasteiger partial charge >= 0.3 is 0 Å². The van der Waals surface area contributed by atoms with Crippen LogP contribution in [-0.2, 0) is 13.0 Å². The first-order valence-corrected chi connectivity index (χ1v) is 8.92. The maximum absolute atomic E-state index is 12.1. The molecule has 0 radical (unpaired) electrons. The topological polar surface area (TPSA) is 66.0 Å². The molecule has 2 aromatic carbocycles. The molecule has 0 heterocycles. The Labute approximate surface area is 161 Å². The lowest BCUT2D eigenvalue weighted by molar-refractivity contribution is 0.0827. The summed E-state index contributed by atoms with van der Waals surface area (Å²) in [6, 6.07) is 15.6. The third-order valence-corrected chi connectivity index (χ3v) is 4.15. The molecule has 0 spiro atoms. The van der Waals surface area contributed by atoms with E-state index < -0.39 is 0 Å². The van der Waals surface area contributed by atoms with Gasteiger partial charge < -0.3 is 20.3 Å². The van der Waals surface area contributed by atoms with Gasteiger partial charge in [-0.15, -0.1) is 0 Å². The first kappa shape index (κ1) is 20.3. The standard InChI is InChI=1S/C21H28N4O2/c1-22-21(24-15-18-9-5-6-11-19(18)27-4)23-13-12-16-8-7-10-17(14-16)20(26)25(2)3/h5-11,14H,12-13,15H2,1-4H3,(H2,22,23,24). The van der Waals surface area contributed by atoms with Gasteiger partial charge in [0, 0.05) is 45.4 Å². The molecule has 0 aliphatic carbocycles. The minimum absolute atomic E-state index is 0.0130. The molecule has 6 heteroatoms. The second-order valence-corrected chi connectivity index (χ2v) is 6.31. The number of aliphatic imine (C=N–C) groups is 1. The molecular weight excluding hydrogens is 340 g/mol. The van der Waals surface area contributed by atoms with Crippen molar-refractivity contribution >= 4 is 11.9 Å². The Balaban J connectivity index is 1.86. The second-order valence-electron chi connectivity index (χ2n) is 6.31. The molecule has 27 heavy (non-hydrogen) atoms. The molecule has 0 bridgehead atoms. The van der Waals surface area contributed by atoms with Gasteiger partial charge in [-0.1, -0.05) is 30.3 Å². The van der Waals surface area contributed by atoms with Crippen LogP contribution in [0.4, 0.5) is 0 Å². The van der Waals surface area contributed by atoms with E-state index in [1.54, 1.807) is 33.2 Å². The maximum Gasteiger partial charge on any atom is 0.253 e. The SMILES string of the molecule is CN=C(NCCc1cccc(C(=O)N(C)C)c1)NCc1ccccc1OC. The normalized spacial score (nSPS) is 11.0. The lowest BCUT2D eigenvalue weighted by atomic mass is 10.1. The number of guanidine groups is 1. The van der Waals surface area contributed by atoms with Crippen molar-refractivity contribution in [3.05, 3.63) is 65.2 Å². The summed E-state index contributed by atoms with van der Waals surface area (Å²) in [4.78, 5) is 17.9. The Morgan fingerprint density at radius 3 is 2.59 bits per heavy atom. The van der Waals surface area contributed by atoms with Crippen molar-refractivity contribution in [3.63, 3.8) is 0 Å². The number of carbonyl (C=O) groups excluding carboxylic acids is 1. The summed E-state index contributed by atoms with van der Waals surface area (Å²) in [6.45, 7) is 1.34. The Kier molecular flexibility index (Phi) is 7.67. The van der Waals surface area contributed by atoms with E-state index in [0.29, 0.717) is 18.7 Å². The van der Waals surface area contributed by atoms with E-state index in [2.05, 4.69) is 15.6 Å². The average molecular weight is 368 g/mol. The molecule has 0 aliphatic rings. The van der Waals surface area contributed by atoms with Crippen LogP contribution in [0.5, 0.6) is 5.75 Å². The zero-order chi connectivity index (χ0) is 19.6. The van der Waals surface area contributed by atoms with E-state index in [9.17, 15) is 4.79 Å². The molecule has 0 saturated heterocycles. The number of hydrogen-bond acceptors (Lipinski definition) is 3. The predicted molar refractivity (Wildman–Crippen MR) is 109 cm³/mol. The third-order valence-electron chi connectivity index (χ3n) is 4.15. The van der Waals surface area contributed by atoms with Crippen molar-refractivity contribution in [3.8, 4) is 5.75 Å². The van der Waals surface area contributed by atoms with Crippen LogP contribution in [0.2, 0.25) is 0 Å². The molecule has 2 aromatic rings. The van der Waals surface area contributed by atoms with Crippen LogP contribution in [0.3, 0.4) is 0 Å². The molecular formula is C21H28N4O2. The number of methoxy groups -OCH3 is 1. The van der Waals surface area contributed by atoms with Gasteiger partial charge in [-0.2, -0.15) is 0 Å². The van der Waals surface area contributed by atoms with E-state index in [1.165, 1.54) is 0 Å². The first-order chi connectivity index (χ1) is 13.0. The smallest absolute Gasteiger partial charge is 0.253 e. The van der Waals surface area contributed by atoms with Crippen molar-refractivity contribution in [2.24, 2.45) is 4.99 Å². The second kappa shape index (κ2) is 10.2. The number of benzene rings is 2. The summed E-state index contributed by atoms with van der Waals surface area (Å²) >= 11 is 0. The summed E-state index contributed by atoms with van der Waals surface area (Å²) in [6.07, 6.45) is 0.796. The van der Waals surface area contributed by atoms with E-state index in [-0.39, 0.29) is 5.91 Å². The summed E-state index contributed by atoms with van der Waals surface area (Å²) in [5.74, 6) is 1.59. The van der Waals surface area contributed by atoms with Crippen molar-refractivity contribution in [1.82, 2.24) is 15.5 Å². The Hall–Kier alpha value is -3.02. The van der Waals surface area contributed by atoms with Crippen LogP contribution >= 0.6 is 0 Å². The van der Waals surface area contributed by atoms with Gasteiger partial charge in [-0.25, -0.2) is 0 Å². The highest BCUT2D eigenvalue weighted by atomic mass is 16.5. The number of hydrogen-bond donors (Lipinski definition) is 2. The highest BCUT2D eigenvalue weighted by molar-refractivity contribution is 5.94. The van der Waals surface area contributed by atoms with Crippen LogP contribution in [0.15, 0.2) is 53.5 Å². The van der Waals surface area contributed by atoms with Crippen molar-refractivity contribution < 1.29 is 9.53 Å². The monoisotopic (exact) mass is 368 g/mol. The van der Waals surface area contributed by atoms with Crippen molar-refractivity contribution in [1.29, 1.82) is 0 Å². The van der Waals surface area contributed by atoms with Gasteiger partial charge in [0.25, 0.3) is 5.91 Å². The Morgan fingerprint density at radius 1 is 1.11 bits per heavy atom. The first-order valence-electron chi connectivity index (χ1n) is 8.92. The minimum atomic E-state index is 0.0130. The molecule has 6 nitrogen and oxygen atoms in total. The molecule has 0 atom stereocenters. The molecule has 0 fully saturated rings. The average Bonchev–Trinajstić information content (AvgIpc) is 2.70. The van der Waals surface area contributed by atoms with E-state index in [1.807, 2.05) is 48.5 Å². The van der Waals surface area contributed by atoms with E-state index >= 15 is 0 Å². The lowest BCUT2D eigenvalue weighted by Gasteiger charge is -2.14. The van der Waals surface area contributed by atoms with E-state index in [4.69, 9.17) is 4.74 Å². The minimum Gasteiger partial charge on any atom is -0.496 e. The molecule has 144 valence electrons. The molecule has 2 rings (SSSR count). The number of para-hydroxylation sites is 1. The quantitative estimate of drug-likeness (QED) is 0.581. The number of ether oxygens (including phenoxy) is 1. The van der Waals surface area contributed by atoms with E-state index in [0.717, 1.165) is 29.3 Å². The Morgan fingerprint density at radius 2 is 1.89 bits per heavy atom. The molecule has 1 amide bonds. The van der Waals surface area contributed by atoms with Crippen LogP contribution in [-0.4, -0.2) is 51.6 Å². The number of amides is 1. The van der Waals surface area contributed by atoms with Crippen LogP contribution < -0.4 is 15.4 Å². The zero-order valence-corrected chi connectivity index (χ0v) is 16.5. The summed E-state index contributed by atoms with van der Waals surface area (Å²) in [5, 5.41) is 6.59. The fraction of sp³-hybridized carbons (Fsp3) is 0.333. The molecule has 0 aromatic heterocycles. The van der Waals surface area contributed by atoms with Crippen LogP contribution in [0.25, 0.3) is 0 Å². The summed E-state index contributed by atoms with van der Waals surface area (Å²) in [7, 11) is 6.93. The highest BCUT2D eigenvalue weighted by Gasteiger charge is 2.08. The molecule has 0 unspecified atom stereocenters. The van der Waals surface area contributed by atoms with Gasteiger partial charge in [-0.05, 0) is 30.2 Å². The highest BCUT2D eigenvalue weighted by Crippen LogP contribution is 2.16. The molecule has 0 saturated carbocycles. The largest absolute Gasteiger partial charge is 0.496 e. The Bertz CT molecular complexity index is 787. The van der Waals surface area contributed by atoms with Crippen LogP contribution in [0, 0.1) is 0 Å². The number of nitrogens with zero attached hydrogens (tertiary/aromatic N) is 2. The van der Waals surface area contributed by atoms with Crippen LogP contribution in [0.1, 0.15) is 21.5 Å². The van der Waals surface area contributed by atoms with Crippen molar-refractivity contribution in [2.75, 3.05) is 34.8 Å². The molecule has 0 aliphatic heterocycles. The predicted octanol–water partition coefficient (Wildman–Crippen LogP) is 2.30. The summed E-state index contributed by atoms with van der Waals surface area (Å²) in [5.41, 5.74) is 2.88. The van der Waals surface area contributed by atoms with Gasteiger partial charge in [0.1, 0.15) is 5.75 Å². The fourth-order valence-corrected chi connectivity index (χ4v) is 2.69. The van der Waals surface area contributed by atoms with Gasteiger partial charge in [-0.3, -0.25) is 9.79 Å².